The topological polar surface area (TPSA) is 112 Å². The molecule has 0 saturated carbocycles. The molecule has 0 unspecified atom stereocenters. The number of aromatic amines is 1. The third kappa shape index (κ3) is 5.59. The van der Waals surface area contributed by atoms with Gasteiger partial charge in [-0.25, -0.2) is 0 Å². The summed E-state index contributed by atoms with van der Waals surface area (Å²) in [6.45, 7) is 2.78. The first kappa shape index (κ1) is 20.4. The predicted molar refractivity (Wildman–Crippen MR) is 113 cm³/mol. The number of rotatable bonds is 8. The highest BCUT2D eigenvalue weighted by Crippen LogP contribution is 2.24. The van der Waals surface area contributed by atoms with Crippen molar-refractivity contribution in [3.63, 3.8) is 0 Å². The number of anilines is 1. The van der Waals surface area contributed by atoms with Crippen molar-refractivity contribution in [2.75, 3.05) is 11.5 Å². The van der Waals surface area contributed by atoms with Crippen molar-refractivity contribution in [2.45, 2.75) is 31.3 Å². The van der Waals surface area contributed by atoms with Crippen molar-refractivity contribution >= 4 is 23.6 Å². The third-order valence-corrected chi connectivity index (χ3v) is 5.51. The Hall–Kier alpha value is -3.31. The monoisotopic (exact) mass is 406 g/mol. The van der Waals surface area contributed by atoms with Crippen LogP contribution in [-0.2, 0) is 24.3 Å². The number of H-pyrrole nitrogens is 1. The number of nitrogen functional groups attached to an aromatic ring is 1. The Morgan fingerprint density at radius 2 is 1.93 bits per heavy atom. The van der Waals surface area contributed by atoms with Crippen LogP contribution in [-0.4, -0.2) is 31.7 Å². The van der Waals surface area contributed by atoms with Gasteiger partial charge in [0.25, 0.3) is 0 Å². The van der Waals surface area contributed by atoms with Crippen LogP contribution in [0.15, 0.2) is 53.4 Å². The van der Waals surface area contributed by atoms with Crippen molar-refractivity contribution in [3.05, 3.63) is 71.0 Å². The molecule has 0 aliphatic heterocycles. The fourth-order valence-electron chi connectivity index (χ4n) is 2.87. The number of hydrogen-bond donors (Lipinski definition) is 2. The Kier molecular flexibility index (Phi) is 6.87. The maximum absolute atomic E-state index is 13.0. The van der Waals surface area contributed by atoms with Crippen LogP contribution < -0.4 is 5.73 Å². The lowest BCUT2D eigenvalue weighted by Gasteiger charge is -2.22. The Labute approximate surface area is 173 Å². The molecule has 0 saturated heterocycles. The van der Waals surface area contributed by atoms with Crippen LogP contribution in [0.3, 0.4) is 0 Å². The van der Waals surface area contributed by atoms with E-state index in [2.05, 4.69) is 34.2 Å². The van der Waals surface area contributed by atoms with Crippen LogP contribution >= 0.6 is 11.8 Å². The van der Waals surface area contributed by atoms with Crippen LogP contribution in [0.25, 0.3) is 0 Å². The van der Waals surface area contributed by atoms with E-state index in [0.717, 1.165) is 16.9 Å². The molecular weight excluding hydrogens is 384 g/mol. The number of benzene rings is 2. The Bertz CT molecular complexity index is 1010. The number of nitrogens with zero attached hydrogens (tertiary/aromatic N) is 4. The van der Waals surface area contributed by atoms with Gasteiger partial charge in [-0.3, -0.25) is 4.79 Å². The molecule has 2 aromatic carbocycles. The SMILES string of the molecule is CCc1ccccc1SCC(=O)N(Cc1ccc(C#N)cc1)Cc1nnc(N)[nH]1. The number of carbonyl (C=O) groups is 1. The van der Waals surface area contributed by atoms with Gasteiger partial charge in [0.15, 0.2) is 5.82 Å². The molecule has 0 atom stereocenters. The zero-order valence-electron chi connectivity index (χ0n) is 16.1. The minimum absolute atomic E-state index is 0.0137. The Balaban J connectivity index is 1.73. The predicted octanol–water partition coefficient (Wildman–Crippen LogP) is 3.14. The van der Waals surface area contributed by atoms with E-state index in [4.69, 9.17) is 11.0 Å². The van der Waals surface area contributed by atoms with E-state index < -0.39 is 0 Å². The van der Waals surface area contributed by atoms with Crippen LogP contribution in [0.4, 0.5) is 5.95 Å². The summed E-state index contributed by atoms with van der Waals surface area (Å²) in [7, 11) is 0. The third-order valence-electron chi connectivity index (χ3n) is 4.41. The zero-order chi connectivity index (χ0) is 20.6. The zero-order valence-corrected chi connectivity index (χ0v) is 16.9. The number of nitriles is 1. The van der Waals surface area contributed by atoms with E-state index in [1.807, 2.05) is 30.3 Å². The number of carbonyl (C=O) groups excluding carboxylic acids is 1. The molecule has 0 aliphatic carbocycles. The average molecular weight is 407 g/mol. The van der Waals surface area contributed by atoms with Gasteiger partial charge in [-0.2, -0.15) is 5.26 Å². The first-order chi connectivity index (χ1) is 14.1. The van der Waals surface area contributed by atoms with Crippen molar-refractivity contribution in [1.82, 2.24) is 20.1 Å². The standard InChI is InChI=1S/C21H22N6OS/c1-2-17-5-3-4-6-18(17)29-14-20(28)27(13-19-24-21(23)26-25-19)12-16-9-7-15(11-22)8-10-16/h3-10H,2,12-14H2,1H3,(H3,23,24,25,26). The molecule has 0 radical (unpaired) electrons. The minimum Gasteiger partial charge on any atom is -0.368 e. The van der Waals surface area contributed by atoms with Crippen LogP contribution in [0.5, 0.6) is 0 Å². The molecule has 0 spiro atoms. The van der Waals surface area contributed by atoms with Crippen molar-refractivity contribution < 1.29 is 4.79 Å². The number of amides is 1. The Morgan fingerprint density at radius 3 is 2.59 bits per heavy atom. The molecule has 0 aliphatic rings. The van der Waals surface area contributed by atoms with Crippen LogP contribution in [0.1, 0.15) is 29.4 Å². The van der Waals surface area contributed by atoms with E-state index in [9.17, 15) is 4.79 Å². The smallest absolute Gasteiger partial charge is 0.233 e. The van der Waals surface area contributed by atoms with Gasteiger partial charge < -0.3 is 15.6 Å². The highest BCUT2D eigenvalue weighted by Gasteiger charge is 2.17. The molecule has 3 aromatic rings. The number of nitrogens with two attached hydrogens (primary N) is 1. The maximum atomic E-state index is 13.0. The summed E-state index contributed by atoms with van der Waals surface area (Å²) < 4.78 is 0. The fraction of sp³-hybridized carbons (Fsp3) is 0.238. The van der Waals surface area contributed by atoms with Gasteiger partial charge in [0, 0.05) is 11.4 Å². The van der Waals surface area contributed by atoms with E-state index >= 15 is 0 Å². The summed E-state index contributed by atoms with van der Waals surface area (Å²) in [5, 5.41) is 16.7. The first-order valence-corrected chi connectivity index (χ1v) is 10.2. The van der Waals surface area contributed by atoms with Gasteiger partial charge in [0.1, 0.15) is 0 Å². The minimum atomic E-state index is -0.0137. The fourth-order valence-corrected chi connectivity index (χ4v) is 3.90. The highest BCUT2D eigenvalue weighted by atomic mass is 32.2. The molecule has 7 nitrogen and oxygen atoms in total. The molecule has 0 bridgehead atoms. The quantitative estimate of drug-likeness (QED) is 0.556. The van der Waals surface area contributed by atoms with E-state index in [1.54, 1.807) is 17.0 Å². The average Bonchev–Trinajstić information content (AvgIpc) is 3.16. The van der Waals surface area contributed by atoms with Gasteiger partial charge in [-0.1, -0.05) is 37.3 Å². The molecule has 8 heteroatoms. The highest BCUT2D eigenvalue weighted by molar-refractivity contribution is 8.00. The summed E-state index contributed by atoms with van der Waals surface area (Å²) in [5.41, 5.74) is 8.36. The van der Waals surface area contributed by atoms with Crippen LogP contribution in [0, 0.1) is 11.3 Å². The largest absolute Gasteiger partial charge is 0.368 e. The second-order valence-corrected chi connectivity index (χ2v) is 7.48. The lowest BCUT2D eigenvalue weighted by atomic mass is 10.1. The first-order valence-electron chi connectivity index (χ1n) is 9.23. The number of aryl methyl sites for hydroxylation is 1. The second-order valence-electron chi connectivity index (χ2n) is 6.47. The van der Waals surface area contributed by atoms with E-state index in [0.29, 0.717) is 23.7 Å². The molecule has 1 aromatic heterocycles. The summed E-state index contributed by atoms with van der Waals surface area (Å²) in [6, 6.07) is 17.4. The number of nitrogens with one attached hydrogen (secondary N) is 1. The number of hydrogen-bond acceptors (Lipinski definition) is 6. The maximum Gasteiger partial charge on any atom is 0.233 e. The number of thioether (sulfide) groups is 1. The van der Waals surface area contributed by atoms with Crippen LogP contribution in [0.2, 0.25) is 0 Å². The summed E-state index contributed by atoms with van der Waals surface area (Å²) >= 11 is 1.54. The van der Waals surface area contributed by atoms with Gasteiger partial charge in [-0.15, -0.1) is 22.0 Å². The van der Waals surface area contributed by atoms with Crippen molar-refractivity contribution in [1.29, 1.82) is 5.26 Å². The van der Waals surface area contributed by atoms with Crippen molar-refractivity contribution in [2.24, 2.45) is 0 Å². The second kappa shape index (κ2) is 9.75. The summed E-state index contributed by atoms with van der Waals surface area (Å²) in [4.78, 5) is 18.7. The summed E-state index contributed by atoms with van der Waals surface area (Å²) in [5.74, 6) is 1.05. The summed E-state index contributed by atoms with van der Waals surface area (Å²) in [6.07, 6.45) is 0.920. The van der Waals surface area contributed by atoms with Gasteiger partial charge in [-0.05, 0) is 35.7 Å². The van der Waals surface area contributed by atoms with Gasteiger partial charge >= 0.3 is 0 Å². The molecule has 1 heterocycles. The normalized spacial score (nSPS) is 10.5. The van der Waals surface area contributed by atoms with Gasteiger partial charge in [0.2, 0.25) is 11.9 Å². The Morgan fingerprint density at radius 1 is 1.17 bits per heavy atom. The molecular formula is C21H22N6OS. The lowest BCUT2D eigenvalue weighted by Crippen LogP contribution is -2.32. The molecule has 148 valence electrons. The van der Waals surface area contributed by atoms with Crippen molar-refractivity contribution in [3.8, 4) is 6.07 Å². The molecule has 29 heavy (non-hydrogen) atoms. The van der Waals surface area contributed by atoms with Gasteiger partial charge in [0.05, 0.1) is 23.9 Å². The lowest BCUT2D eigenvalue weighted by molar-refractivity contribution is -0.129. The molecule has 3 rings (SSSR count). The molecule has 1 amide bonds. The molecule has 0 fully saturated rings. The molecule has 3 N–H and O–H groups in total. The number of aromatic nitrogens is 3. The van der Waals surface area contributed by atoms with E-state index in [1.165, 1.54) is 17.3 Å². The van der Waals surface area contributed by atoms with E-state index in [-0.39, 0.29) is 18.4 Å².